The summed E-state index contributed by atoms with van der Waals surface area (Å²) in [6, 6.07) is 8.70. The fraction of sp³-hybridized carbons (Fsp3) is 0.654. The predicted octanol–water partition coefficient (Wildman–Crippen LogP) is 1.61. The maximum atomic E-state index is 13.7. The normalized spacial score (nSPS) is 34.7. The summed E-state index contributed by atoms with van der Waals surface area (Å²) in [5.74, 6) is -2.27. The number of likely N-dealkylation sites (tertiary alicyclic amines) is 1. The molecule has 1 spiro atoms. The van der Waals surface area contributed by atoms with Crippen molar-refractivity contribution in [1.82, 2.24) is 15.5 Å². The van der Waals surface area contributed by atoms with Gasteiger partial charge in [-0.25, -0.2) is 0 Å². The van der Waals surface area contributed by atoms with Gasteiger partial charge in [0, 0.05) is 19.1 Å². The number of amides is 3. The lowest BCUT2D eigenvalue weighted by Gasteiger charge is -2.36. The maximum Gasteiger partial charge on any atom is 0.246 e. The Morgan fingerprint density at radius 1 is 1.26 bits per heavy atom. The molecule has 2 bridgehead atoms. The third-order valence-corrected chi connectivity index (χ3v) is 8.11. The van der Waals surface area contributed by atoms with Crippen molar-refractivity contribution in [3.8, 4) is 0 Å². The van der Waals surface area contributed by atoms with Crippen molar-refractivity contribution in [3.05, 3.63) is 35.9 Å². The van der Waals surface area contributed by atoms with Crippen molar-refractivity contribution in [2.24, 2.45) is 17.8 Å². The first kappa shape index (κ1) is 24.7. The van der Waals surface area contributed by atoms with Crippen LogP contribution in [0.4, 0.5) is 0 Å². The van der Waals surface area contributed by atoms with Gasteiger partial charge in [0.1, 0.15) is 11.6 Å². The van der Waals surface area contributed by atoms with E-state index in [-0.39, 0.29) is 42.8 Å². The van der Waals surface area contributed by atoms with Gasteiger partial charge in [0.25, 0.3) is 0 Å². The molecule has 3 aliphatic rings. The van der Waals surface area contributed by atoms with Crippen LogP contribution >= 0.6 is 0 Å². The van der Waals surface area contributed by atoms with E-state index in [0.29, 0.717) is 13.0 Å². The van der Waals surface area contributed by atoms with Gasteiger partial charge in [0.2, 0.25) is 17.7 Å². The summed E-state index contributed by atoms with van der Waals surface area (Å²) in [5, 5.41) is 15.7. The van der Waals surface area contributed by atoms with Crippen molar-refractivity contribution in [3.63, 3.8) is 0 Å². The molecule has 0 saturated carbocycles. The van der Waals surface area contributed by atoms with E-state index in [2.05, 4.69) is 17.6 Å². The largest absolute Gasteiger partial charge is 0.395 e. The second-order valence-corrected chi connectivity index (χ2v) is 10.4. The fourth-order valence-corrected chi connectivity index (χ4v) is 6.51. The molecule has 0 radical (unpaired) electrons. The van der Waals surface area contributed by atoms with Gasteiger partial charge in [0.05, 0.1) is 24.0 Å². The van der Waals surface area contributed by atoms with Crippen LogP contribution in [-0.2, 0) is 25.7 Å². The molecule has 0 aliphatic carbocycles. The number of nitrogens with one attached hydrogen (secondary N) is 2. The van der Waals surface area contributed by atoms with E-state index >= 15 is 0 Å². The Hall–Kier alpha value is -2.45. The number of rotatable bonds is 9. The van der Waals surface area contributed by atoms with Gasteiger partial charge in [-0.1, -0.05) is 50.6 Å². The van der Waals surface area contributed by atoms with Crippen LogP contribution < -0.4 is 10.6 Å². The molecule has 3 heterocycles. The lowest BCUT2D eigenvalue weighted by atomic mass is 9.62. The second kappa shape index (κ2) is 9.30. The topological polar surface area (TPSA) is 108 Å². The second-order valence-electron chi connectivity index (χ2n) is 10.4. The number of carbonyl (C=O) groups excluding carboxylic acids is 3. The molecule has 0 aromatic heterocycles. The van der Waals surface area contributed by atoms with E-state index in [4.69, 9.17) is 4.74 Å². The highest BCUT2D eigenvalue weighted by Gasteiger charge is 2.79. The quantitative estimate of drug-likeness (QED) is 0.507. The molecule has 3 fully saturated rings. The Kier molecular flexibility index (Phi) is 6.75. The Labute approximate surface area is 201 Å². The van der Waals surface area contributed by atoms with Crippen LogP contribution in [0.25, 0.3) is 0 Å². The average Bonchev–Trinajstić information content (AvgIpc) is 3.30. The molecule has 7 atom stereocenters. The molecule has 8 heteroatoms. The smallest absolute Gasteiger partial charge is 0.246 e. The lowest BCUT2D eigenvalue weighted by molar-refractivity contribution is -0.148. The first-order valence-electron chi connectivity index (χ1n) is 12.4. The first-order chi connectivity index (χ1) is 16.2. The zero-order chi connectivity index (χ0) is 24.7. The summed E-state index contributed by atoms with van der Waals surface area (Å²) in [6.07, 6.45) is 2.27. The molecule has 4 unspecified atom stereocenters. The number of aliphatic hydroxyl groups excluding tert-OH is 1. The highest BCUT2D eigenvalue weighted by atomic mass is 16.5. The van der Waals surface area contributed by atoms with E-state index < -0.39 is 29.1 Å². The van der Waals surface area contributed by atoms with Crippen molar-refractivity contribution in [1.29, 1.82) is 0 Å². The minimum atomic E-state index is -1.08. The molecule has 3 amide bonds. The van der Waals surface area contributed by atoms with Gasteiger partial charge in [-0.3, -0.25) is 14.4 Å². The minimum absolute atomic E-state index is 0.0125. The highest BCUT2D eigenvalue weighted by Crippen LogP contribution is 2.65. The first-order valence-corrected chi connectivity index (χ1v) is 12.4. The number of fused-ring (bicyclic) bond motifs is 1. The van der Waals surface area contributed by atoms with Gasteiger partial charge in [-0.05, 0) is 38.2 Å². The molecule has 3 N–H and O–H groups in total. The molecule has 8 nitrogen and oxygen atoms in total. The molecular formula is C26H37N3O5. The van der Waals surface area contributed by atoms with E-state index in [1.54, 1.807) is 0 Å². The zero-order valence-electron chi connectivity index (χ0n) is 20.5. The molecule has 4 rings (SSSR count). The summed E-state index contributed by atoms with van der Waals surface area (Å²) < 4.78 is 6.63. The van der Waals surface area contributed by atoms with Gasteiger partial charge in [-0.2, -0.15) is 0 Å². The number of nitrogens with zero attached hydrogens (tertiary/aromatic N) is 1. The summed E-state index contributed by atoms with van der Waals surface area (Å²) in [5.41, 5.74) is -0.958. The van der Waals surface area contributed by atoms with Crippen molar-refractivity contribution < 1.29 is 24.2 Å². The lowest BCUT2D eigenvalue weighted by Crippen LogP contribution is -2.57. The van der Waals surface area contributed by atoms with E-state index in [0.717, 1.165) is 18.4 Å². The maximum absolute atomic E-state index is 13.7. The van der Waals surface area contributed by atoms with E-state index in [1.165, 1.54) is 4.90 Å². The Balaban J connectivity index is 1.65. The van der Waals surface area contributed by atoms with Crippen LogP contribution in [0, 0.1) is 17.8 Å². The fourth-order valence-electron chi connectivity index (χ4n) is 6.51. The number of benzene rings is 1. The van der Waals surface area contributed by atoms with Crippen molar-refractivity contribution in [2.75, 3.05) is 13.2 Å². The SMILES string of the molecule is CCCC(C)NC(=O)C1N(CCO)C(=O)[C@@H]2[C@@H](C(=O)NCc3ccccc3)[C@]3(C)OC12CC3C. The molecule has 1 aromatic carbocycles. The van der Waals surface area contributed by atoms with Crippen LogP contribution in [0.3, 0.4) is 0 Å². The number of hydrogen-bond donors (Lipinski definition) is 3. The van der Waals surface area contributed by atoms with Gasteiger partial charge in [0.15, 0.2) is 0 Å². The Morgan fingerprint density at radius 3 is 2.62 bits per heavy atom. The molecule has 3 aliphatic heterocycles. The Morgan fingerprint density at radius 2 is 1.97 bits per heavy atom. The molecular weight excluding hydrogens is 434 g/mol. The number of hydrogen-bond acceptors (Lipinski definition) is 5. The summed E-state index contributed by atoms with van der Waals surface area (Å²) >= 11 is 0. The monoisotopic (exact) mass is 471 g/mol. The molecule has 34 heavy (non-hydrogen) atoms. The third-order valence-electron chi connectivity index (χ3n) is 8.11. The molecule has 3 saturated heterocycles. The number of β-amino-alcohol motifs (C(OH)–C–C–N with tert-alkyl or cyclic N) is 1. The van der Waals surface area contributed by atoms with Crippen LogP contribution in [0.1, 0.15) is 52.5 Å². The number of aliphatic hydroxyl groups is 1. The highest BCUT2D eigenvalue weighted by molar-refractivity contribution is 5.99. The van der Waals surface area contributed by atoms with Crippen molar-refractivity contribution in [2.45, 2.75) is 76.8 Å². The van der Waals surface area contributed by atoms with Crippen LogP contribution in [0.2, 0.25) is 0 Å². The average molecular weight is 472 g/mol. The Bertz CT molecular complexity index is 940. The van der Waals surface area contributed by atoms with Gasteiger partial charge >= 0.3 is 0 Å². The minimum Gasteiger partial charge on any atom is -0.395 e. The van der Waals surface area contributed by atoms with Gasteiger partial charge in [-0.15, -0.1) is 0 Å². The summed E-state index contributed by atoms with van der Waals surface area (Å²) in [7, 11) is 0. The summed E-state index contributed by atoms with van der Waals surface area (Å²) in [6.45, 7) is 8.04. The third kappa shape index (κ3) is 3.81. The molecule has 1 aromatic rings. The van der Waals surface area contributed by atoms with E-state index in [9.17, 15) is 19.5 Å². The molecule has 186 valence electrons. The van der Waals surface area contributed by atoms with Crippen LogP contribution in [-0.4, -0.2) is 64.2 Å². The zero-order valence-corrected chi connectivity index (χ0v) is 20.5. The van der Waals surface area contributed by atoms with Crippen LogP contribution in [0.5, 0.6) is 0 Å². The van der Waals surface area contributed by atoms with Crippen LogP contribution in [0.15, 0.2) is 30.3 Å². The predicted molar refractivity (Wildman–Crippen MR) is 126 cm³/mol. The van der Waals surface area contributed by atoms with Crippen molar-refractivity contribution >= 4 is 17.7 Å². The number of carbonyl (C=O) groups is 3. The van der Waals surface area contributed by atoms with Gasteiger partial charge < -0.3 is 25.4 Å². The standard InChI is InChI=1S/C26H37N3O5/c1-5-9-17(3)28-23(32)21-26-14-16(2)25(4,34-26)19(20(26)24(33)29(21)12-13-30)22(31)27-15-18-10-7-6-8-11-18/h6-8,10-11,16-17,19-21,30H,5,9,12-15H2,1-4H3,(H,27,31)(H,28,32)/t16?,17?,19-,20-,21?,25+,26?/m0/s1. The number of ether oxygens (including phenoxy) is 1. The van der Waals surface area contributed by atoms with E-state index in [1.807, 2.05) is 51.1 Å². The summed E-state index contributed by atoms with van der Waals surface area (Å²) in [4.78, 5) is 42.2.